The van der Waals surface area contributed by atoms with Crippen molar-refractivity contribution in [2.75, 3.05) is 37.7 Å². The van der Waals surface area contributed by atoms with Crippen LogP contribution in [0, 0.1) is 11.3 Å². The van der Waals surface area contributed by atoms with Gasteiger partial charge in [-0.3, -0.25) is 9.69 Å². The van der Waals surface area contributed by atoms with Gasteiger partial charge in [-0.25, -0.2) is 14.8 Å². The van der Waals surface area contributed by atoms with Gasteiger partial charge in [0, 0.05) is 31.7 Å². The second-order valence-electron chi connectivity index (χ2n) is 7.84. The smallest absolute Gasteiger partial charge is 0.408 e. The Labute approximate surface area is 175 Å². The van der Waals surface area contributed by atoms with Crippen molar-refractivity contribution in [3.63, 3.8) is 0 Å². The monoisotopic (exact) mass is 417 g/mol. The Morgan fingerprint density at radius 2 is 1.93 bits per heavy atom. The lowest BCUT2D eigenvalue weighted by molar-refractivity contribution is -0.136. The van der Waals surface area contributed by atoms with Crippen molar-refractivity contribution >= 4 is 24.2 Å². The van der Waals surface area contributed by atoms with E-state index in [1.165, 1.54) is 23.5 Å². The largest absolute Gasteiger partial charge is 0.465 e. The number of piperazine rings is 1. The Hall–Kier alpha value is -3.42. The summed E-state index contributed by atoms with van der Waals surface area (Å²) in [6, 6.07) is 1.47. The first-order valence-electron chi connectivity index (χ1n) is 9.56. The Kier molecular flexibility index (Phi) is 7.52. The SMILES string of the molecule is CC(/C=N/OCC(=O)N1CCN(c2ncc(C#N)cn2)CC1)N(C(=O)O)C(C)(C)C. The maximum Gasteiger partial charge on any atom is 0.408 e. The average molecular weight is 417 g/mol. The van der Waals surface area contributed by atoms with Crippen LogP contribution >= 0.6 is 0 Å². The highest BCUT2D eigenvalue weighted by molar-refractivity contribution is 5.78. The molecule has 11 nitrogen and oxygen atoms in total. The Morgan fingerprint density at radius 3 is 2.43 bits per heavy atom. The standard InChI is InChI=1S/C19H27N7O4/c1-14(26(18(28)29)19(2,3)4)10-23-30-13-16(27)24-5-7-25(8-6-24)17-21-11-15(9-20)12-22-17/h10-12,14H,5-8,13H2,1-4H3,(H,28,29)/b23-10+. The van der Waals surface area contributed by atoms with Crippen LogP contribution in [0.2, 0.25) is 0 Å². The van der Waals surface area contributed by atoms with Gasteiger partial charge in [0.25, 0.3) is 5.91 Å². The minimum atomic E-state index is -1.05. The van der Waals surface area contributed by atoms with Crippen LogP contribution in [0.15, 0.2) is 17.5 Å². The number of carbonyl (C=O) groups excluding carboxylic acids is 1. The summed E-state index contributed by atoms with van der Waals surface area (Å²) in [5, 5.41) is 21.9. The van der Waals surface area contributed by atoms with Crippen molar-refractivity contribution in [2.45, 2.75) is 39.3 Å². The maximum absolute atomic E-state index is 12.3. The average Bonchev–Trinajstić information content (AvgIpc) is 2.70. The Morgan fingerprint density at radius 1 is 1.33 bits per heavy atom. The van der Waals surface area contributed by atoms with E-state index in [0.717, 1.165) is 0 Å². The van der Waals surface area contributed by atoms with Gasteiger partial charge in [-0.1, -0.05) is 5.16 Å². The lowest BCUT2D eigenvalue weighted by Gasteiger charge is -2.36. The molecule has 0 aliphatic carbocycles. The molecule has 1 aromatic heterocycles. The van der Waals surface area contributed by atoms with Gasteiger partial charge < -0.3 is 19.7 Å². The molecule has 0 radical (unpaired) electrons. The third-order valence-corrected chi connectivity index (χ3v) is 4.56. The number of nitrogens with zero attached hydrogens (tertiary/aromatic N) is 7. The topological polar surface area (TPSA) is 135 Å². The number of hydrogen-bond acceptors (Lipinski definition) is 8. The van der Waals surface area contributed by atoms with Gasteiger partial charge in [-0.15, -0.1) is 0 Å². The van der Waals surface area contributed by atoms with E-state index in [0.29, 0.717) is 37.7 Å². The number of carbonyl (C=O) groups is 2. The van der Waals surface area contributed by atoms with Gasteiger partial charge in [0.1, 0.15) is 6.07 Å². The van der Waals surface area contributed by atoms with Crippen LogP contribution in [-0.2, 0) is 9.63 Å². The maximum atomic E-state index is 12.3. The molecule has 1 N–H and O–H groups in total. The van der Waals surface area contributed by atoms with Gasteiger partial charge in [0.2, 0.25) is 5.95 Å². The summed E-state index contributed by atoms with van der Waals surface area (Å²) in [4.78, 5) is 42.0. The zero-order chi connectivity index (χ0) is 22.3. The summed E-state index contributed by atoms with van der Waals surface area (Å²) >= 11 is 0. The summed E-state index contributed by atoms with van der Waals surface area (Å²) in [6.07, 6.45) is 3.25. The predicted octanol–water partition coefficient (Wildman–Crippen LogP) is 1.17. The summed E-state index contributed by atoms with van der Waals surface area (Å²) in [7, 11) is 0. The molecule has 2 rings (SSSR count). The first-order valence-corrected chi connectivity index (χ1v) is 9.56. The molecule has 0 bridgehead atoms. The van der Waals surface area contributed by atoms with Crippen molar-refractivity contribution in [3.05, 3.63) is 18.0 Å². The van der Waals surface area contributed by atoms with Crippen LogP contribution in [0.1, 0.15) is 33.3 Å². The summed E-state index contributed by atoms with van der Waals surface area (Å²) in [6.45, 7) is 8.95. The highest BCUT2D eigenvalue weighted by Crippen LogP contribution is 2.16. The second kappa shape index (κ2) is 9.87. The molecule has 1 aliphatic rings. The van der Waals surface area contributed by atoms with Gasteiger partial charge in [-0.05, 0) is 27.7 Å². The van der Waals surface area contributed by atoms with E-state index in [9.17, 15) is 14.7 Å². The van der Waals surface area contributed by atoms with Crippen LogP contribution < -0.4 is 4.90 Å². The fourth-order valence-electron chi connectivity index (χ4n) is 3.15. The normalized spacial score (nSPS) is 15.6. The van der Waals surface area contributed by atoms with Crippen LogP contribution in [0.3, 0.4) is 0 Å². The fraction of sp³-hybridized carbons (Fsp3) is 0.579. The zero-order valence-corrected chi connectivity index (χ0v) is 17.6. The molecule has 0 saturated carbocycles. The molecular formula is C19H27N7O4. The first kappa shape index (κ1) is 22.9. The zero-order valence-electron chi connectivity index (χ0n) is 17.6. The Bertz CT molecular complexity index is 806. The number of amides is 2. The molecule has 1 fully saturated rings. The molecule has 2 heterocycles. The molecule has 1 unspecified atom stereocenters. The highest BCUT2D eigenvalue weighted by atomic mass is 16.6. The van der Waals surface area contributed by atoms with Gasteiger partial charge in [0.15, 0.2) is 6.61 Å². The molecule has 1 aliphatic heterocycles. The molecule has 1 aromatic rings. The number of hydrogen-bond donors (Lipinski definition) is 1. The Balaban J connectivity index is 1.79. The number of carboxylic acid groups (broad SMARTS) is 1. The van der Waals surface area contributed by atoms with Crippen molar-refractivity contribution in [3.8, 4) is 6.07 Å². The van der Waals surface area contributed by atoms with Crippen LogP contribution in [0.4, 0.5) is 10.7 Å². The lowest BCUT2D eigenvalue weighted by atomic mass is 10.0. The fourth-order valence-corrected chi connectivity index (χ4v) is 3.15. The summed E-state index contributed by atoms with van der Waals surface area (Å²) in [5.41, 5.74) is -0.195. The van der Waals surface area contributed by atoms with E-state index < -0.39 is 17.7 Å². The van der Waals surface area contributed by atoms with Gasteiger partial charge in [-0.2, -0.15) is 5.26 Å². The molecule has 0 aromatic carbocycles. The third-order valence-electron chi connectivity index (χ3n) is 4.56. The number of oxime groups is 1. The van der Waals surface area contributed by atoms with Crippen LogP contribution in [0.25, 0.3) is 0 Å². The lowest BCUT2D eigenvalue weighted by Crippen LogP contribution is -2.50. The van der Waals surface area contributed by atoms with Crippen molar-refractivity contribution in [2.24, 2.45) is 5.16 Å². The summed E-state index contributed by atoms with van der Waals surface area (Å²) in [5.74, 6) is 0.323. The molecule has 162 valence electrons. The number of nitriles is 1. The molecule has 0 spiro atoms. The predicted molar refractivity (Wildman–Crippen MR) is 109 cm³/mol. The number of aromatic nitrogens is 2. The van der Waals surface area contributed by atoms with Gasteiger partial charge in [0.05, 0.1) is 30.2 Å². The van der Waals surface area contributed by atoms with Crippen LogP contribution in [-0.4, -0.2) is 87.5 Å². The molecule has 2 amide bonds. The van der Waals surface area contributed by atoms with E-state index in [1.54, 1.807) is 32.6 Å². The van der Waals surface area contributed by atoms with E-state index in [2.05, 4.69) is 15.1 Å². The van der Waals surface area contributed by atoms with E-state index in [1.807, 2.05) is 11.0 Å². The van der Waals surface area contributed by atoms with Gasteiger partial charge >= 0.3 is 6.09 Å². The highest BCUT2D eigenvalue weighted by Gasteiger charge is 2.30. The number of anilines is 1. The quantitative estimate of drug-likeness (QED) is 0.538. The molecule has 11 heteroatoms. The van der Waals surface area contributed by atoms with Crippen molar-refractivity contribution < 1.29 is 19.5 Å². The first-order chi connectivity index (χ1) is 14.1. The van der Waals surface area contributed by atoms with E-state index in [-0.39, 0.29) is 12.5 Å². The second-order valence-corrected chi connectivity index (χ2v) is 7.84. The minimum Gasteiger partial charge on any atom is -0.465 e. The van der Waals surface area contributed by atoms with E-state index >= 15 is 0 Å². The van der Waals surface area contributed by atoms with E-state index in [4.69, 9.17) is 10.1 Å². The third kappa shape index (κ3) is 6.04. The molecule has 1 saturated heterocycles. The van der Waals surface area contributed by atoms with Crippen molar-refractivity contribution in [1.82, 2.24) is 19.8 Å². The molecular weight excluding hydrogens is 390 g/mol. The summed E-state index contributed by atoms with van der Waals surface area (Å²) < 4.78 is 0. The van der Waals surface area contributed by atoms with Crippen molar-refractivity contribution in [1.29, 1.82) is 5.26 Å². The minimum absolute atomic E-state index is 0.203. The molecule has 30 heavy (non-hydrogen) atoms. The number of rotatable bonds is 6. The molecule has 1 atom stereocenters. The van der Waals surface area contributed by atoms with Crippen LogP contribution in [0.5, 0.6) is 0 Å².